The number of rotatable bonds is 4. The van der Waals surface area contributed by atoms with Gasteiger partial charge in [0.05, 0.1) is 11.6 Å². The summed E-state index contributed by atoms with van der Waals surface area (Å²) in [5.74, 6) is 3.18. The monoisotopic (exact) mass is 280 g/mol. The Kier molecular flexibility index (Phi) is 3.44. The van der Waals surface area contributed by atoms with E-state index in [2.05, 4.69) is 21.4 Å². The van der Waals surface area contributed by atoms with E-state index in [-0.39, 0.29) is 0 Å². The minimum absolute atomic E-state index is 0.451. The molecular weight excluding hydrogens is 264 g/mol. The second kappa shape index (κ2) is 5.41. The van der Waals surface area contributed by atoms with E-state index in [9.17, 15) is 0 Å². The van der Waals surface area contributed by atoms with Gasteiger partial charge in [-0.1, -0.05) is 6.07 Å². The molecule has 0 unspecified atom stereocenters. The highest BCUT2D eigenvalue weighted by molar-refractivity contribution is 5.45. The summed E-state index contributed by atoms with van der Waals surface area (Å²) in [5, 5.41) is 12.0. The van der Waals surface area contributed by atoms with Crippen LogP contribution < -0.4 is 10.1 Å². The lowest BCUT2D eigenvalue weighted by molar-refractivity contribution is 0.455. The maximum absolute atomic E-state index is 8.99. The highest BCUT2D eigenvalue weighted by Gasteiger charge is 2.27. The first-order chi connectivity index (χ1) is 10.2. The van der Waals surface area contributed by atoms with E-state index in [1.165, 1.54) is 0 Å². The van der Waals surface area contributed by atoms with Gasteiger partial charge in [-0.25, -0.2) is 4.98 Å². The zero-order valence-corrected chi connectivity index (χ0v) is 12.1. The first-order valence-electron chi connectivity index (χ1n) is 6.95. The topological polar surface area (TPSA) is 70.8 Å². The van der Waals surface area contributed by atoms with Gasteiger partial charge in [0.25, 0.3) is 0 Å². The standard InChI is InChI=1S/C16H16N4O/c1-10-3-4-11(9-17)7-13(10)21-15-8-14(18-2)19-16(20-15)12-5-6-12/h3-4,7-8,12H,5-6H2,1-2H3,(H,18,19,20). The van der Waals surface area contributed by atoms with Gasteiger partial charge in [0.15, 0.2) is 0 Å². The molecule has 1 aromatic heterocycles. The van der Waals surface area contributed by atoms with Crippen molar-refractivity contribution in [2.24, 2.45) is 0 Å². The lowest BCUT2D eigenvalue weighted by atomic mass is 10.1. The molecule has 2 aromatic rings. The minimum atomic E-state index is 0.451. The van der Waals surface area contributed by atoms with Gasteiger partial charge in [0.1, 0.15) is 17.4 Å². The summed E-state index contributed by atoms with van der Waals surface area (Å²) in [7, 11) is 1.82. The number of nitriles is 1. The van der Waals surface area contributed by atoms with Gasteiger partial charge < -0.3 is 10.1 Å². The fraction of sp³-hybridized carbons (Fsp3) is 0.312. The number of ether oxygens (including phenoxy) is 1. The molecule has 5 heteroatoms. The highest BCUT2D eigenvalue weighted by atomic mass is 16.5. The second-order valence-corrected chi connectivity index (χ2v) is 5.17. The van der Waals surface area contributed by atoms with E-state index in [0.717, 1.165) is 30.0 Å². The van der Waals surface area contributed by atoms with Crippen LogP contribution in [0.25, 0.3) is 0 Å². The van der Waals surface area contributed by atoms with E-state index in [1.807, 2.05) is 20.0 Å². The van der Waals surface area contributed by atoms with Gasteiger partial charge in [-0.15, -0.1) is 0 Å². The first-order valence-corrected chi connectivity index (χ1v) is 6.95. The molecular formula is C16H16N4O. The van der Waals surface area contributed by atoms with E-state index in [4.69, 9.17) is 10.00 Å². The molecule has 5 nitrogen and oxygen atoms in total. The molecule has 0 aliphatic heterocycles. The van der Waals surface area contributed by atoms with E-state index in [1.54, 1.807) is 18.2 Å². The van der Waals surface area contributed by atoms with Crippen LogP contribution in [0.2, 0.25) is 0 Å². The Hall–Kier alpha value is -2.61. The molecule has 0 bridgehead atoms. The van der Waals surface area contributed by atoms with Gasteiger partial charge in [-0.2, -0.15) is 10.2 Å². The number of aromatic nitrogens is 2. The third-order valence-corrected chi connectivity index (χ3v) is 3.45. The predicted molar refractivity (Wildman–Crippen MR) is 79.5 cm³/mol. The lowest BCUT2D eigenvalue weighted by Crippen LogP contribution is -2.01. The molecule has 1 aromatic carbocycles. The van der Waals surface area contributed by atoms with Crippen molar-refractivity contribution in [2.75, 3.05) is 12.4 Å². The average Bonchev–Trinajstić information content (AvgIpc) is 3.34. The summed E-state index contributed by atoms with van der Waals surface area (Å²) < 4.78 is 5.87. The Morgan fingerprint density at radius 3 is 2.76 bits per heavy atom. The minimum Gasteiger partial charge on any atom is -0.439 e. The van der Waals surface area contributed by atoms with Crippen LogP contribution in [-0.4, -0.2) is 17.0 Å². The largest absolute Gasteiger partial charge is 0.439 e. The van der Waals surface area contributed by atoms with Crippen molar-refractivity contribution in [3.63, 3.8) is 0 Å². The van der Waals surface area contributed by atoms with Crippen LogP contribution in [0, 0.1) is 18.3 Å². The Labute approximate surface area is 123 Å². The third kappa shape index (κ3) is 2.95. The summed E-state index contributed by atoms with van der Waals surface area (Å²) >= 11 is 0. The van der Waals surface area contributed by atoms with Crippen LogP contribution >= 0.6 is 0 Å². The Balaban J connectivity index is 1.94. The van der Waals surface area contributed by atoms with Crippen molar-refractivity contribution in [3.05, 3.63) is 41.2 Å². The van der Waals surface area contributed by atoms with Gasteiger partial charge in [0, 0.05) is 19.0 Å². The number of nitrogens with one attached hydrogen (secondary N) is 1. The van der Waals surface area contributed by atoms with Crippen molar-refractivity contribution < 1.29 is 4.74 Å². The van der Waals surface area contributed by atoms with Crippen LogP contribution in [0.15, 0.2) is 24.3 Å². The molecule has 3 rings (SSSR count). The van der Waals surface area contributed by atoms with Gasteiger partial charge >= 0.3 is 0 Å². The van der Waals surface area contributed by atoms with Crippen molar-refractivity contribution in [3.8, 4) is 17.7 Å². The lowest BCUT2D eigenvalue weighted by Gasteiger charge is -2.10. The molecule has 0 saturated heterocycles. The zero-order chi connectivity index (χ0) is 14.8. The van der Waals surface area contributed by atoms with Gasteiger partial charge in [-0.05, 0) is 37.5 Å². The summed E-state index contributed by atoms with van der Waals surface area (Å²) in [6.07, 6.45) is 2.27. The van der Waals surface area contributed by atoms with E-state index in [0.29, 0.717) is 23.1 Å². The normalized spacial score (nSPS) is 13.6. The number of anilines is 1. The number of benzene rings is 1. The average molecular weight is 280 g/mol. The van der Waals surface area contributed by atoms with Gasteiger partial charge in [0.2, 0.25) is 5.88 Å². The van der Waals surface area contributed by atoms with Gasteiger partial charge in [-0.3, -0.25) is 0 Å². The Morgan fingerprint density at radius 2 is 2.10 bits per heavy atom. The smallest absolute Gasteiger partial charge is 0.224 e. The van der Waals surface area contributed by atoms with E-state index >= 15 is 0 Å². The highest BCUT2D eigenvalue weighted by Crippen LogP contribution is 2.39. The van der Waals surface area contributed by atoms with Crippen molar-refractivity contribution >= 4 is 5.82 Å². The number of aryl methyl sites for hydroxylation is 1. The summed E-state index contributed by atoms with van der Waals surface area (Å²) in [6, 6.07) is 9.26. The van der Waals surface area contributed by atoms with Crippen LogP contribution in [0.4, 0.5) is 5.82 Å². The van der Waals surface area contributed by atoms with Crippen molar-refractivity contribution in [1.29, 1.82) is 5.26 Å². The number of nitrogens with zero attached hydrogens (tertiary/aromatic N) is 3. The van der Waals surface area contributed by atoms with E-state index < -0.39 is 0 Å². The number of hydrogen-bond donors (Lipinski definition) is 1. The molecule has 106 valence electrons. The molecule has 1 N–H and O–H groups in total. The summed E-state index contributed by atoms with van der Waals surface area (Å²) in [5.41, 5.74) is 1.53. The molecule has 1 saturated carbocycles. The van der Waals surface area contributed by atoms with Crippen LogP contribution in [0.1, 0.15) is 35.7 Å². The predicted octanol–water partition coefficient (Wildman–Crippen LogP) is 3.37. The number of hydrogen-bond acceptors (Lipinski definition) is 5. The SMILES string of the molecule is CNc1cc(Oc2cc(C#N)ccc2C)nc(C2CC2)n1. The molecule has 21 heavy (non-hydrogen) atoms. The molecule has 1 aliphatic rings. The quantitative estimate of drug-likeness (QED) is 0.929. The second-order valence-electron chi connectivity index (χ2n) is 5.17. The molecule has 1 aliphatic carbocycles. The molecule has 1 fully saturated rings. The fourth-order valence-corrected chi connectivity index (χ4v) is 2.04. The molecule has 1 heterocycles. The van der Waals surface area contributed by atoms with Crippen LogP contribution in [0.3, 0.4) is 0 Å². The fourth-order valence-electron chi connectivity index (χ4n) is 2.04. The maximum Gasteiger partial charge on any atom is 0.224 e. The molecule has 0 amide bonds. The zero-order valence-electron chi connectivity index (χ0n) is 12.1. The molecule has 0 spiro atoms. The van der Waals surface area contributed by atoms with Crippen molar-refractivity contribution in [2.45, 2.75) is 25.7 Å². The third-order valence-electron chi connectivity index (χ3n) is 3.45. The summed E-state index contributed by atoms with van der Waals surface area (Å²) in [4.78, 5) is 8.94. The molecule has 0 radical (unpaired) electrons. The van der Waals surface area contributed by atoms with Crippen LogP contribution in [0.5, 0.6) is 11.6 Å². The van der Waals surface area contributed by atoms with Crippen molar-refractivity contribution in [1.82, 2.24) is 9.97 Å². The Bertz CT molecular complexity index is 717. The van der Waals surface area contributed by atoms with Crippen LogP contribution in [-0.2, 0) is 0 Å². The maximum atomic E-state index is 8.99. The Morgan fingerprint density at radius 1 is 1.29 bits per heavy atom. The summed E-state index contributed by atoms with van der Waals surface area (Å²) in [6.45, 7) is 1.94. The molecule has 0 atom stereocenters. The first kappa shape index (κ1) is 13.4.